The van der Waals surface area contributed by atoms with Gasteiger partial charge in [0.25, 0.3) is 0 Å². The van der Waals surface area contributed by atoms with Crippen molar-refractivity contribution in [2.75, 3.05) is 0 Å². The second-order valence-corrected chi connectivity index (χ2v) is 5.43. The average Bonchev–Trinajstić information content (AvgIpc) is 2.35. The van der Waals surface area contributed by atoms with Gasteiger partial charge in [0.05, 0.1) is 8.95 Å². The number of halogens is 3. The fourth-order valence-electron chi connectivity index (χ4n) is 1.45. The second kappa shape index (κ2) is 5.67. The molecule has 0 bridgehead atoms. The summed E-state index contributed by atoms with van der Waals surface area (Å²) in [5, 5.41) is 9.59. The third-order valence-electron chi connectivity index (χ3n) is 2.38. The molecule has 0 amide bonds. The number of aromatic hydroxyl groups is 1. The molecule has 4 heteroatoms. The Morgan fingerprint density at radius 3 is 1.94 bits per heavy atom. The van der Waals surface area contributed by atoms with E-state index in [2.05, 4.69) is 31.9 Å². The molecule has 0 radical (unpaired) electrons. The number of hydrogen-bond donors (Lipinski definition) is 1. The first-order valence-electron chi connectivity index (χ1n) is 5.18. The molecule has 92 valence electrons. The van der Waals surface area contributed by atoms with Crippen LogP contribution in [0, 0.1) is 5.82 Å². The van der Waals surface area contributed by atoms with E-state index in [-0.39, 0.29) is 11.6 Å². The molecule has 0 unspecified atom stereocenters. The molecule has 0 saturated carbocycles. The molecule has 1 N–H and O–H groups in total. The quantitative estimate of drug-likeness (QED) is 0.717. The summed E-state index contributed by atoms with van der Waals surface area (Å²) in [6, 6.07) is 9.86. The molecule has 0 spiro atoms. The van der Waals surface area contributed by atoms with Crippen LogP contribution in [0.25, 0.3) is 12.2 Å². The van der Waals surface area contributed by atoms with E-state index in [1.165, 1.54) is 12.1 Å². The maximum absolute atomic E-state index is 12.7. The summed E-state index contributed by atoms with van der Waals surface area (Å²) in [4.78, 5) is 0. The Morgan fingerprint density at radius 1 is 0.889 bits per heavy atom. The van der Waals surface area contributed by atoms with Crippen LogP contribution in [0.4, 0.5) is 4.39 Å². The summed E-state index contributed by atoms with van der Waals surface area (Å²) >= 11 is 6.54. The lowest BCUT2D eigenvalue weighted by Crippen LogP contribution is -1.78. The van der Waals surface area contributed by atoms with Crippen LogP contribution in [-0.2, 0) is 0 Å². The lowest BCUT2D eigenvalue weighted by molar-refractivity contribution is 0.468. The van der Waals surface area contributed by atoms with Gasteiger partial charge in [0.2, 0.25) is 0 Å². The molecule has 0 atom stereocenters. The number of hydrogen-bond acceptors (Lipinski definition) is 1. The topological polar surface area (TPSA) is 20.2 Å². The van der Waals surface area contributed by atoms with Gasteiger partial charge in [0.1, 0.15) is 11.6 Å². The number of rotatable bonds is 2. The van der Waals surface area contributed by atoms with Crippen LogP contribution >= 0.6 is 31.9 Å². The first-order chi connectivity index (χ1) is 8.56. The Bertz CT molecular complexity index is 568. The van der Waals surface area contributed by atoms with E-state index in [0.29, 0.717) is 8.95 Å². The third kappa shape index (κ3) is 3.21. The largest absolute Gasteiger partial charge is 0.506 e. The SMILES string of the molecule is Oc1c(Br)cc(/C=C/c2ccc(F)cc2)cc1Br. The summed E-state index contributed by atoms with van der Waals surface area (Å²) in [6.07, 6.45) is 3.77. The molecule has 0 heterocycles. The summed E-state index contributed by atoms with van der Waals surface area (Å²) in [5.74, 6) is -0.0730. The van der Waals surface area contributed by atoms with Gasteiger partial charge < -0.3 is 5.11 Å². The molecule has 0 fully saturated rings. The highest BCUT2D eigenvalue weighted by atomic mass is 79.9. The molecule has 0 saturated heterocycles. The van der Waals surface area contributed by atoms with E-state index < -0.39 is 0 Å². The fraction of sp³-hybridized carbons (Fsp3) is 0. The Labute approximate surface area is 121 Å². The second-order valence-electron chi connectivity index (χ2n) is 3.72. The van der Waals surface area contributed by atoms with Crippen LogP contribution in [0.5, 0.6) is 5.75 Å². The van der Waals surface area contributed by atoms with Crippen LogP contribution in [0.3, 0.4) is 0 Å². The van der Waals surface area contributed by atoms with Gasteiger partial charge in [-0.1, -0.05) is 24.3 Å². The Hall–Kier alpha value is -1.13. The monoisotopic (exact) mass is 370 g/mol. The Balaban J connectivity index is 2.26. The zero-order chi connectivity index (χ0) is 13.1. The summed E-state index contributed by atoms with van der Waals surface area (Å²) in [6.45, 7) is 0. The van der Waals surface area contributed by atoms with Crippen molar-refractivity contribution in [3.8, 4) is 5.75 Å². The van der Waals surface area contributed by atoms with Crippen molar-refractivity contribution in [2.24, 2.45) is 0 Å². The van der Waals surface area contributed by atoms with Gasteiger partial charge in [-0.3, -0.25) is 0 Å². The van der Waals surface area contributed by atoms with Crippen molar-refractivity contribution < 1.29 is 9.50 Å². The van der Waals surface area contributed by atoms with Crippen molar-refractivity contribution in [3.05, 3.63) is 62.3 Å². The minimum absolute atomic E-state index is 0.175. The van der Waals surface area contributed by atoms with Gasteiger partial charge in [-0.2, -0.15) is 0 Å². The molecule has 18 heavy (non-hydrogen) atoms. The molecule has 2 rings (SSSR count). The molecule has 0 aliphatic carbocycles. The van der Waals surface area contributed by atoms with Gasteiger partial charge in [0, 0.05) is 0 Å². The predicted octanol–water partition coefficient (Wildman–Crippen LogP) is 5.23. The minimum atomic E-state index is -0.248. The highest BCUT2D eigenvalue weighted by molar-refractivity contribution is 9.11. The van der Waals surface area contributed by atoms with Crippen molar-refractivity contribution in [1.29, 1.82) is 0 Å². The number of phenolic OH excluding ortho intramolecular Hbond substituents is 1. The number of phenols is 1. The van der Waals surface area contributed by atoms with Crippen molar-refractivity contribution in [2.45, 2.75) is 0 Å². The fourth-order valence-corrected chi connectivity index (χ4v) is 2.67. The molecule has 0 aliphatic heterocycles. The molecular weight excluding hydrogens is 363 g/mol. The highest BCUT2D eigenvalue weighted by Gasteiger charge is 2.03. The van der Waals surface area contributed by atoms with Crippen LogP contribution in [0.15, 0.2) is 45.3 Å². The summed E-state index contributed by atoms with van der Waals surface area (Å²) < 4.78 is 14.0. The summed E-state index contributed by atoms with van der Waals surface area (Å²) in [5.41, 5.74) is 1.84. The zero-order valence-corrected chi connectivity index (χ0v) is 12.4. The number of benzene rings is 2. The highest BCUT2D eigenvalue weighted by Crippen LogP contribution is 2.33. The normalized spacial score (nSPS) is 11.1. The average molecular weight is 372 g/mol. The molecule has 2 aromatic rings. The molecule has 1 nitrogen and oxygen atoms in total. The van der Waals surface area contributed by atoms with Gasteiger partial charge >= 0.3 is 0 Å². The van der Waals surface area contributed by atoms with Crippen LogP contribution in [0.1, 0.15) is 11.1 Å². The van der Waals surface area contributed by atoms with Gasteiger partial charge in [-0.05, 0) is 67.3 Å². The first-order valence-corrected chi connectivity index (χ1v) is 6.76. The third-order valence-corrected chi connectivity index (χ3v) is 3.59. The van der Waals surface area contributed by atoms with Gasteiger partial charge in [-0.15, -0.1) is 0 Å². The lowest BCUT2D eigenvalue weighted by atomic mass is 10.1. The van der Waals surface area contributed by atoms with Crippen molar-refractivity contribution in [1.82, 2.24) is 0 Å². The van der Waals surface area contributed by atoms with E-state index in [0.717, 1.165) is 11.1 Å². The van der Waals surface area contributed by atoms with E-state index >= 15 is 0 Å². The molecular formula is C14H9Br2FO. The minimum Gasteiger partial charge on any atom is -0.506 e. The zero-order valence-electron chi connectivity index (χ0n) is 9.20. The first kappa shape index (κ1) is 13.3. The van der Waals surface area contributed by atoms with Crippen LogP contribution < -0.4 is 0 Å². The van der Waals surface area contributed by atoms with Gasteiger partial charge in [0.15, 0.2) is 0 Å². The van der Waals surface area contributed by atoms with E-state index in [9.17, 15) is 9.50 Å². The smallest absolute Gasteiger partial charge is 0.143 e. The molecule has 0 aromatic heterocycles. The van der Waals surface area contributed by atoms with Crippen LogP contribution in [0.2, 0.25) is 0 Å². The Morgan fingerprint density at radius 2 is 1.39 bits per heavy atom. The van der Waals surface area contributed by atoms with E-state index in [1.54, 1.807) is 24.3 Å². The molecule has 0 aliphatic rings. The van der Waals surface area contributed by atoms with Crippen LogP contribution in [-0.4, -0.2) is 5.11 Å². The van der Waals surface area contributed by atoms with E-state index in [1.807, 2.05) is 12.2 Å². The molecule has 2 aromatic carbocycles. The standard InChI is InChI=1S/C14H9Br2FO/c15-12-7-10(8-13(16)14(12)18)2-1-9-3-5-11(17)6-4-9/h1-8,18H/b2-1+. The van der Waals surface area contributed by atoms with E-state index in [4.69, 9.17) is 0 Å². The van der Waals surface area contributed by atoms with Crippen molar-refractivity contribution in [3.63, 3.8) is 0 Å². The maximum atomic E-state index is 12.7. The lowest BCUT2D eigenvalue weighted by Gasteiger charge is -2.02. The van der Waals surface area contributed by atoms with Gasteiger partial charge in [-0.25, -0.2) is 4.39 Å². The Kier molecular flexibility index (Phi) is 4.19. The summed E-state index contributed by atoms with van der Waals surface area (Å²) in [7, 11) is 0. The maximum Gasteiger partial charge on any atom is 0.143 e. The predicted molar refractivity (Wildman–Crippen MR) is 78.8 cm³/mol. The van der Waals surface area contributed by atoms with Crippen molar-refractivity contribution >= 4 is 44.0 Å².